The van der Waals surface area contributed by atoms with Gasteiger partial charge in [-0.3, -0.25) is 0 Å². The Kier molecular flexibility index (Phi) is 5.31. The summed E-state index contributed by atoms with van der Waals surface area (Å²) >= 11 is 5.27. The van der Waals surface area contributed by atoms with Crippen LogP contribution in [0.15, 0.2) is 48.5 Å². The van der Waals surface area contributed by atoms with Crippen molar-refractivity contribution in [3.63, 3.8) is 0 Å². The lowest BCUT2D eigenvalue weighted by atomic mass is 10.1. The van der Waals surface area contributed by atoms with E-state index in [1.165, 1.54) is 11.1 Å². The summed E-state index contributed by atoms with van der Waals surface area (Å²) in [5.74, 6) is 0. The Morgan fingerprint density at radius 3 is 2.52 bits per heavy atom. The number of aryl methyl sites for hydroxylation is 1. The maximum absolute atomic E-state index is 10.1. The van der Waals surface area contributed by atoms with E-state index in [-0.39, 0.29) is 0 Å². The first-order valence-electron chi connectivity index (χ1n) is 6.92. The molecule has 0 amide bonds. The van der Waals surface area contributed by atoms with Gasteiger partial charge in [0.1, 0.15) is 0 Å². The second-order valence-electron chi connectivity index (χ2n) is 5.01. The number of aliphatic hydroxyl groups excluding tert-OH is 1. The van der Waals surface area contributed by atoms with Crippen molar-refractivity contribution in [3.05, 3.63) is 65.2 Å². The molecule has 0 aromatic heterocycles. The van der Waals surface area contributed by atoms with Crippen LogP contribution in [-0.4, -0.2) is 16.8 Å². The number of hydrogen-bond donors (Lipinski definition) is 3. The van der Waals surface area contributed by atoms with Gasteiger partial charge < -0.3 is 15.7 Å². The summed E-state index contributed by atoms with van der Waals surface area (Å²) in [4.78, 5) is 0. The lowest BCUT2D eigenvalue weighted by Gasteiger charge is -2.16. The van der Waals surface area contributed by atoms with Gasteiger partial charge in [0.25, 0.3) is 0 Å². The van der Waals surface area contributed by atoms with E-state index in [0.717, 1.165) is 11.3 Å². The third kappa shape index (κ3) is 4.28. The van der Waals surface area contributed by atoms with Crippen molar-refractivity contribution >= 4 is 23.0 Å². The van der Waals surface area contributed by atoms with E-state index >= 15 is 0 Å². The molecule has 0 heterocycles. The Bertz CT molecular complexity index is 613. The van der Waals surface area contributed by atoms with E-state index in [0.29, 0.717) is 11.7 Å². The van der Waals surface area contributed by atoms with Crippen LogP contribution in [-0.2, 0) is 0 Å². The minimum Gasteiger partial charge on any atom is -0.387 e. The summed E-state index contributed by atoms with van der Waals surface area (Å²) < 4.78 is 0. The van der Waals surface area contributed by atoms with Crippen molar-refractivity contribution in [2.75, 3.05) is 11.9 Å². The van der Waals surface area contributed by atoms with Crippen LogP contribution in [0.3, 0.4) is 0 Å². The number of rotatable bonds is 4. The summed E-state index contributed by atoms with van der Waals surface area (Å²) in [5, 5.41) is 16.8. The molecule has 1 atom stereocenters. The Morgan fingerprint density at radius 2 is 1.81 bits per heavy atom. The molecule has 2 rings (SSSR count). The van der Waals surface area contributed by atoms with Crippen LogP contribution < -0.4 is 10.6 Å². The van der Waals surface area contributed by atoms with E-state index in [1.807, 2.05) is 42.5 Å². The van der Waals surface area contributed by atoms with Gasteiger partial charge in [0.05, 0.1) is 6.10 Å². The fourth-order valence-corrected chi connectivity index (χ4v) is 2.23. The number of hydrogen-bond acceptors (Lipinski definition) is 2. The molecule has 0 aliphatic carbocycles. The highest BCUT2D eigenvalue weighted by Crippen LogP contribution is 2.18. The first-order valence-corrected chi connectivity index (χ1v) is 7.33. The van der Waals surface area contributed by atoms with Crippen molar-refractivity contribution in [2.45, 2.75) is 20.0 Å². The lowest BCUT2D eigenvalue weighted by molar-refractivity contribution is 0.181. The summed E-state index contributed by atoms with van der Waals surface area (Å²) in [7, 11) is 0. The van der Waals surface area contributed by atoms with E-state index in [2.05, 4.69) is 30.5 Å². The number of thiocarbonyl (C=S) groups is 1. The van der Waals surface area contributed by atoms with Crippen LogP contribution in [0.5, 0.6) is 0 Å². The first kappa shape index (κ1) is 15.5. The number of anilines is 1. The molecule has 0 aliphatic heterocycles. The molecule has 4 heteroatoms. The van der Waals surface area contributed by atoms with Crippen LogP contribution in [0.2, 0.25) is 0 Å². The van der Waals surface area contributed by atoms with Gasteiger partial charge in [-0.2, -0.15) is 0 Å². The van der Waals surface area contributed by atoms with Gasteiger partial charge in [-0.1, -0.05) is 42.5 Å². The number of benzene rings is 2. The summed E-state index contributed by atoms with van der Waals surface area (Å²) in [6.45, 7) is 4.50. The van der Waals surface area contributed by atoms with E-state index in [4.69, 9.17) is 12.2 Å². The highest BCUT2D eigenvalue weighted by Gasteiger charge is 2.08. The Morgan fingerprint density at radius 1 is 1.10 bits per heavy atom. The average molecular weight is 300 g/mol. The molecule has 2 aromatic rings. The second-order valence-corrected chi connectivity index (χ2v) is 5.42. The normalized spacial score (nSPS) is 11.8. The highest BCUT2D eigenvalue weighted by atomic mass is 32.1. The Labute approximate surface area is 131 Å². The van der Waals surface area contributed by atoms with Crippen LogP contribution >= 0.6 is 12.2 Å². The van der Waals surface area contributed by atoms with Crippen LogP contribution in [0.25, 0.3) is 0 Å². The van der Waals surface area contributed by atoms with Gasteiger partial charge in [-0.25, -0.2) is 0 Å². The topological polar surface area (TPSA) is 44.3 Å². The van der Waals surface area contributed by atoms with E-state index in [1.54, 1.807) is 0 Å². The maximum Gasteiger partial charge on any atom is 0.170 e. The van der Waals surface area contributed by atoms with Crippen molar-refractivity contribution in [1.29, 1.82) is 0 Å². The van der Waals surface area contributed by atoms with Gasteiger partial charge in [0.15, 0.2) is 5.11 Å². The molecule has 0 saturated heterocycles. The van der Waals surface area contributed by atoms with Crippen molar-refractivity contribution in [1.82, 2.24) is 5.32 Å². The van der Waals surface area contributed by atoms with Crippen LogP contribution in [0.4, 0.5) is 5.69 Å². The van der Waals surface area contributed by atoms with Crippen molar-refractivity contribution < 1.29 is 5.11 Å². The molecule has 0 fully saturated rings. The third-order valence-electron chi connectivity index (χ3n) is 3.49. The zero-order chi connectivity index (χ0) is 15.2. The van der Waals surface area contributed by atoms with Crippen LogP contribution in [0.1, 0.15) is 22.8 Å². The molecule has 0 saturated carbocycles. The van der Waals surface area contributed by atoms with Gasteiger partial charge >= 0.3 is 0 Å². The molecular formula is C17H20N2OS. The largest absolute Gasteiger partial charge is 0.387 e. The molecule has 0 spiro atoms. The molecule has 0 radical (unpaired) electrons. The minimum atomic E-state index is -0.579. The minimum absolute atomic E-state index is 0.376. The van der Waals surface area contributed by atoms with E-state index < -0.39 is 6.10 Å². The number of aliphatic hydroxyl groups is 1. The fourth-order valence-electron chi connectivity index (χ4n) is 2.04. The molecule has 0 bridgehead atoms. The van der Waals surface area contributed by atoms with E-state index in [9.17, 15) is 5.11 Å². The summed E-state index contributed by atoms with van der Waals surface area (Å²) in [6.07, 6.45) is -0.579. The molecule has 3 N–H and O–H groups in total. The molecule has 0 aliphatic rings. The van der Waals surface area contributed by atoms with Gasteiger partial charge in [-0.05, 0) is 48.8 Å². The molecule has 21 heavy (non-hydrogen) atoms. The SMILES string of the molecule is Cc1cccc(NC(=S)NCC(O)c2ccccc2)c1C. The third-order valence-corrected chi connectivity index (χ3v) is 3.74. The summed E-state index contributed by atoms with van der Waals surface area (Å²) in [6, 6.07) is 15.6. The molecular weight excluding hydrogens is 280 g/mol. The second kappa shape index (κ2) is 7.20. The molecule has 3 nitrogen and oxygen atoms in total. The smallest absolute Gasteiger partial charge is 0.170 e. The van der Waals surface area contributed by atoms with Gasteiger partial charge in [0, 0.05) is 12.2 Å². The average Bonchev–Trinajstić information content (AvgIpc) is 2.50. The predicted molar refractivity (Wildman–Crippen MR) is 91.5 cm³/mol. The van der Waals surface area contributed by atoms with Crippen LogP contribution in [0, 0.1) is 13.8 Å². The van der Waals surface area contributed by atoms with Gasteiger partial charge in [0.2, 0.25) is 0 Å². The fraction of sp³-hybridized carbons (Fsp3) is 0.235. The zero-order valence-corrected chi connectivity index (χ0v) is 13.1. The first-order chi connectivity index (χ1) is 10.1. The Balaban J connectivity index is 1.89. The summed E-state index contributed by atoms with van der Waals surface area (Å²) in [5.41, 5.74) is 4.25. The predicted octanol–water partition coefficient (Wildman–Crippen LogP) is 3.32. The Hall–Kier alpha value is -1.91. The monoisotopic (exact) mass is 300 g/mol. The number of nitrogens with one attached hydrogen (secondary N) is 2. The quantitative estimate of drug-likeness (QED) is 0.758. The zero-order valence-electron chi connectivity index (χ0n) is 12.3. The molecule has 1 unspecified atom stereocenters. The van der Waals surface area contributed by atoms with Crippen molar-refractivity contribution in [2.24, 2.45) is 0 Å². The maximum atomic E-state index is 10.1. The molecule has 110 valence electrons. The highest BCUT2D eigenvalue weighted by molar-refractivity contribution is 7.80. The molecule has 2 aromatic carbocycles. The van der Waals surface area contributed by atoms with Gasteiger partial charge in [-0.15, -0.1) is 0 Å². The lowest BCUT2D eigenvalue weighted by Crippen LogP contribution is -2.32. The van der Waals surface area contributed by atoms with Crippen molar-refractivity contribution in [3.8, 4) is 0 Å². The standard InChI is InChI=1S/C17H20N2OS/c1-12-7-6-10-15(13(12)2)19-17(21)18-11-16(20)14-8-4-3-5-9-14/h3-10,16,20H,11H2,1-2H3,(H2,18,19,21).